The lowest BCUT2D eigenvalue weighted by molar-refractivity contribution is 0.0696. The number of likely N-dealkylation sites (N-methyl/N-ethyl adjacent to an activating group) is 1. The second-order valence-electron chi connectivity index (χ2n) is 3.48. The number of halogens is 1. The molecule has 0 unspecified atom stereocenters. The van der Waals surface area contributed by atoms with E-state index in [0.717, 1.165) is 6.54 Å². The van der Waals surface area contributed by atoms with Crippen LogP contribution in [0.25, 0.3) is 0 Å². The Morgan fingerprint density at radius 3 is 2.60 bits per heavy atom. The summed E-state index contributed by atoms with van der Waals surface area (Å²) in [7, 11) is 3.94. The summed E-state index contributed by atoms with van der Waals surface area (Å²) >= 11 is 0. The molecule has 0 saturated carbocycles. The van der Waals surface area contributed by atoms with Gasteiger partial charge in [0.05, 0.1) is 12.7 Å². The van der Waals surface area contributed by atoms with Gasteiger partial charge in [-0.1, -0.05) is 0 Å². The largest absolute Gasteiger partial charge is 0.478 e. The molecule has 5 nitrogen and oxygen atoms in total. The third kappa shape index (κ3) is 3.53. The molecule has 0 atom stereocenters. The lowest BCUT2D eigenvalue weighted by Crippen LogP contribution is -2.19. The standard InChI is InChI=1S/C9H15N3O2.ClH/c1-7-8(9(13)14)6-10-12(7)5-4-11(2)3;/h6H,4-5H2,1-3H3,(H,13,14);1H. The second kappa shape index (κ2) is 5.72. The molecule has 0 aromatic carbocycles. The normalized spacial score (nSPS) is 10.1. The van der Waals surface area contributed by atoms with Crippen molar-refractivity contribution in [3.8, 4) is 0 Å². The van der Waals surface area contributed by atoms with Crippen molar-refractivity contribution in [2.45, 2.75) is 13.5 Å². The van der Waals surface area contributed by atoms with E-state index in [1.54, 1.807) is 11.6 Å². The van der Waals surface area contributed by atoms with Crippen LogP contribution in [0.15, 0.2) is 6.20 Å². The maximum atomic E-state index is 10.7. The summed E-state index contributed by atoms with van der Waals surface area (Å²) in [6.45, 7) is 3.33. The molecule has 15 heavy (non-hydrogen) atoms. The van der Waals surface area contributed by atoms with E-state index in [1.807, 2.05) is 19.0 Å². The lowest BCUT2D eigenvalue weighted by atomic mass is 10.3. The molecule has 0 bridgehead atoms. The SMILES string of the molecule is Cc1c(C(=O)O)cnn1CCN(C)C.Cl. The number of carbonyl (C=O) groups is 1. The molecular weight excluding hydrogens is 218 g/mol. The Labute approximate surface area is 95.1 Å². The monoisotopic (exact) mass is 233 g/mol. The predicted molar refractivity (Wildman–Crippen MR) is 59.7 cm³/mol. The number of aromatic nitrogens is 2. The number of aromatic carboxylic acids is 1. The smallest absolute Gasteiger partial charge is 0.339 e. The van der Waals surface area contributed by atoms with Crippen LogP contribution in [-0.4, -0.2) is 46.4 Å². The molecule has 1 aromatic rings. The molecule has 0 radical (unpaired) electrons. The Morgan fingerprint density at radius 2 is 2.20 bits per heavy atom. The minimum Gasteiger partial charge on any atom is -0.478 e. The van der Waals surface area contributed by atoms with E-state index in [1.165, 1.54) is 6.20 Å². The van der Waals surface area contributed by atoms with Crippen molar-refractivity contribution in [1.29, 1.82) is 0 Å². The molecule has 86 valence electrons. The van der Waals surface area contributed by atoms with Crippen molar-refractivity contribution in [2.24, 2.45) is 0 Å². The van der Waals surface area contributed by atoms with Gasteiger partial charge in [0.2, 0.25) is 0 Å². The van der Waals surface area contributed by atoms with Gasteiger partial charge in [0.1, 0.15) is 5.56 Å². The van der Waals surface area contributed by atoms with E-state index in [4.69, 9.17) is 5.11 Å². The molecule has 0 saturated heterocycles. The summed E-state index contributed by atoms with van der Waals surface area (Å²) in [5, 5.41) is 12.8. The molecule has 0 spiro atoms. The van der Waals surface area contributed by atoms with Gasteiger partial charge >= 0.3 is 5.97 Å². The van der Waals surface area contributed by atoms with Crippen LogP contribution in [0.1, 0.15) is 16.1 Å². The van der Waals surface area contributed by atoms with Gasteiger partial charge < -0.3 is 10.0 Å². The molecule has 1 heterocycles. The van der Waals surface area contributed by atoms with Crippen LogP contribution >= 0.6 is 12.4 Å². The zero-order chi connectivity index (χ0) is 10.7. The van der Waals surface area contributed by atoms with Crippen LogP contribution in [0, 0.1) is 6.92 Å². The minimum atomic E-state index is -0.918. The Morgan fingerprint density at radius 1 is 1.60 bits per heavy atom. The van der Waals surface area contributed by atoms with Gasteiger partial charge in [-0.05, 0) is 21.0 Å². The highest BCUT2D eigenvalue weighted by molar-refractivity contribution is 5.88. The first kappa shape index (κ1) is 13.9. The van der Waals surface area contributed by atoms with Crippen molar-refractivity contribution in [1.82, 2.24) is 14.7 Å². The molecule has 6 heteroatoms. The van der Waals surface area contributed by atoms with Crippen molar-refractivity contribution < 1.29 is 9.90 Å². The first-order valence-corrected chi connectivity index (χ1v) is 4.43. The van der Waals surface area contributed by atoms with Crippen molar-refractivity contribution >= 4 is 18.4 Å². The highest BCUT2D eigenvalue weighted by atomic mass is 35.5. The fourth-order valence-corrected chi connectivity index (χ4v) is 1.18. The van der Waals surface area contributed by atoms with Gasteiger partial charge in [-0.25, -0.2) is 4.79 Å². The lowest BCUT2D eigenvalue weighted by Gasteiger charge is -2.10. The Hall–Kier alpha value is -1.07. The molecule has 0 fully saturated rings. The van der Waals surface area contributed by atoms with Gasteiger partial charge in [-0.15, -0.1) is 12.4 Å². The van der Waals surface area contributed by atoms with E-state index in [0.29, 0.717) is 12.2 Å². The molecule has 0 aliphatic heterocycles. The van der Waals surface area contributed by atoms with E-state index in [9.17, 15) is 4.79 Å². The fourth-order valence-electron chi connectivity index (χ4n) is 1.18. The molecule has 1 N–H and O–H groups in total. The topological polar surface area (TPSA) is 58.4 Å². The number of hydrogen-bond donors (Lipinski definition) is 1. The van der Waals surface area contributed by atoms with Crippen LogP contribution in [0.3, 0.4) is 0 Å². The Bertz CT molecular complexity index is 336. The summed E-state index contributed by atoms with van der Waals surface area (Å²) in [6, 6.07) is 0. The molecule has 0 amide bonds. The quantitative estimate of drug-likeness (QED) is 0.839. The molecule has 1 rings (SSSR count). The van der Waals surface area contributed by atoms with Crippen molar-refractivity contribution in [3.63, 3.8) is 0 Å². The number of hydrogen-bond acceptors (Lipinski definition) is 3. The number of carboxylic acid groups (broad SMARTS) is 1. The Kier molecular flexibility index (Phi) is 5.32. The molecule has 0 aliphatic carbocycles. The maximum Gasteiger partial charge on any atom is 0.339 e. The van der Waals surface area contributed by atoms with Gasteiger partial charge in [0, 0.05) is 12.2 Å². The maximum absolute atomic E-state index is 10.7. The minimum absolute atomic E-state index is 0. The van der Waals surface area contributed by atoms with Gasteiger partial charge in [0.25, 0.3) is 0 Å². The van der Waals surface area contributed by atoms with Gasteiger partial charge in [0.15, 0.2) is 0 Å². The van der Waals surface area contributed by atoms with Crippen molar-refractivity contribution in [3.05, 3.63) is 17.5 Å². The first-order valence-electron chi connectivity index (χ1n) is 4.43. The fraction of sp³-hybridized carbons (Fsp3) is 0.556. The van der Waals surface area contributed by atoms with Crippen LogP contribution < -0.4 is 0 Å². The average Bonchev–Trinajstić information content (AvgIpc) is 2.43. The summed E-state index contributed by atoms with van der Waals surface area (Å²) in [5.74, 6) is -0.918. The van der Waals surface area contributed by atoms with Crippen LogP contribution in [0.4, 0.5) is 0 Å². The van der Waals surface area contributed by atoms with E-state index < -0.39 is 5.97 Å². The first-order chi connectivity index (χ1) is 6.52. The summed E-state index contributed by atoms with van der Waals surface area (Å²) in [5.41, 5.74) is 0.989. The average molecular weight is 234 g/mol. The molecule has 0 aliphatic rings. The highest BCUT2D eigenvalue weighted by Gasteiger charge is 2.12. The zero-order valence-corrected chi connectivity index (χ0v) is 9.91. The number of carboxylic acids is 1. The Balaban J connectivity index is 0.00000196. The molecular formula is C9H16ClN3O2. The summed E-state index contributed by atoms with van der Waals surface area (Å²) < 4.78 is 1.71. The van der Waals surface area contributed by atoms with E-state index >= 15 is 0 Å². The third-order valence-electron chi connectivity index (χ3n) is 2.09. The van der Waals surface area contributed by atoms with Crippen LogP contribution in [-0.2, 0) is 6.54 Å². The zero-order valence-electron chi connectivity index (χ0n) is 9.10. The highest BCUT2D eigenvalue weighted by Crippen LogP contribution is 2.06. The summed E-state index contributed by atoms with van der Waals surface area (Å²) in [6.07, 6.45) is 1.40. The van der Waals surface area contributed by atoms with Crippen molar-refractivity contribution in [2.75, 3.05) is 20.6 Å². The van der Waals surface area contributed by atoms with E-state index in [2.05, 4.69) is 5.10 Å². The molecule has 1 aromatic heterocycles. The summed E-state index contributed by atoms with van der Waals surface area (Å²) in [4.78, 5) is 12.7. The number of rotatable bonds is 4. The van der Waals surface area contributed by atoms with E-state index in [-0.39, 0.29) is 18.0 Å². The third-order valence-corrected chi connectivity index (χ3v) is 2.09. The van der Waals surface area contributed by atoms with Crippen LogP contribution in [0.5, 0.6) is 0 Å². The van der Waals surface area contributed by atoms with Gasteiger partial charge in [-0.3, -0.25) is 4.68 Å². The predicted octanol–water partition coefficient (Wildman–Crippen LogP) is 0.873. The number of nitrogens with zero attached hydrogens (tertiary/aromatic N) is 3. The van der Waals surface area contributed by atoms with Crippen LogP contribution in [0.2, 0.25) is 0 Å². The second-order valence-corrected chi connectivity index (χ2v) is 3.48. The van der Waals surface area contributed by atoms with Gasteiger partial charge in [-0.2, -0.15) is 5.10 Å².